The summed E-state index contributed by atoms with van der Waals surface area (Å²) in [6.45, 7) is -0.329. The number of para-hydroxylation sites is 1. The van der Waals surface area contributed by atoms with Gasteiger partial charge in [0.2, 0.25) is 5.76 Å². The molecule has 0 radical (unpaired) electrons. The lowest BCUT2D eigenvalue weighted by atomic mass is 10.1. The fourth-order valence-electron chi connectivity index (χ4n) is 3.13. The van der Waals surface area contributed by atoms with Crippen LogP contribution in [0.5, 0.6) is 0 Å². The van der Waals surface area contributed by atoms with Crippen LogP contribution >= 0.6 is 0 Å². The number of rotatable bonds is 6. The Morgan fingerprint density at radius 3 is 2.70 bits per heavy atom. The van der Waals surface area contributed by atoms with Crippen LogP contribution in [0.4, 0.5) is 0 Å². The zero-order valence-corrected chi connectivity index (χ0v) is 16.0. The quantitative estimate of drug-likeness (QED) is 0.681. The molecule has 0 unspecified atom stereocenters. The Morgan fingerprint density at radius 1 is 1.30 bits per heavy atom. The summed E-state index contributed by atoms with van der Waals surface area (Å²) in [5.41, 5.74) is 1.08. The lowest BCUT2D eigenvalue weighted by molar-refractivity contribution is -0.134. The summed E-state index contributed by atoms with van der Waals surface area (Å²) >= 11 is 0. The molecular weight excluding hydrogens is 374 g/mol. The molecule has 0 spiro atoms. The highest BCUT2D eigenvalue weighted by Crippen LogP contribution is 2.27. The standard InChI is InChI=1S/C18H21NO7S/c1-19(12-7-8-27(22,23)11-12)16(20)10-25-18(21)17-14(9-24-2)13-5-3-4-6-15(13)26-17/h3-6,12H,7-11H2,1-2H3/t12-/m0/s1. The predicted octanol–water partition coefficient (Wildman–Crippen LogP) is 1.38. The van der Waals surface area contributed by atoms with Crippen LogP contribution < -0.4 is 0 Å². The Kier molecular flexibility index (Phi) is 5.52. The summed E-state index contributed by atoms with van der Waals surface area (Å²) in [6.07, 6.45) is 0.389. The number of carbonyl (C=O) groups is 2. The molecule has 1 aliphatic rings. The molecule has 3 rings (SSSR count). The highest BCUT2D eigenvalue weighted by molar-refractivity contribution is 7.91. The summed E-state index contributed by atoms with van der Waals surface area (Å²) < 4.78 is 38.9. The molecule has 27 heavy (non-hydrogen) atoms. The molecule has 1 fully saturated rings. The molecule has 1 aromatic carbocycles. The maximum Gasteiger partial charge on any atom is 0.375 e. The second-order valence-corrected chi connectivity index (χ2v) is 8.71. The highest BCUT2D eigenvalue weighted by atomic mass is 32.2. The van der Waals surface area contributed by atoms with E-state index in [1.807, 2.05) is 12.1 Å². The SMILES string of the molecule is COCc1c(C(=O)OCC(=O)N(C)[C@H]2CCS(=O)(=O)C2)oc2ccccc12. The van der Waals surface area contributed by atoms with E-state index in [9.17, 15) is 18.0 Å². The summed E-state index contributed by atoms with van der Waals surface area (Å²) in [5, 5.41) is 0.742. The average molecular weight is 395 g/mol. The van der Waals surface area contributed by atoms with Crippen LogP contribution in [0, 0.1) is 0 Å². The van der Waals surface area contributed by atoms with Crippen molar-refractivity contribution < 1.29 is 31.9 Å². The zero-order chi connectivity index (χ0) is 19.6. The lowest BCUT2D eigenvalue weighted by Gasteiger charge is -2.23. The molecule has 1 atom stereocenters. The van der Waals surface area contributed by atoms with Crippen LogP contribution in [-0.2, 0) is 30.7 Å². The second-order valence-electron chi connectivity index (χ2n) is 6.48. The molecule has 0 aliphatic carbocycles. The van der Waals surface area contributed by atoms with Gasteiger partial charge < -0.3 is 18.8 Å². The highest BCUT2D eigenvalue weighted by Gasteiger charge is 2.33. The largest absolute Gasteiger partial charge is 0.450 e. The number of furan rings is 1. The van der Waals surface area contributed by atoms with Gasteiger partial charge in [0.25, 0.3) is 5.91 Å². The minimum atomic E-state index is -3.11. The van der Waals surface area contributed by atoms with E-state index in [0.29, 0.717) is 17.6 Å². The van der Waals surface area contributed by atoms with Crippen molar-refractivity contribution in [3.05, 3.63) is 35.6 Å². The van der Waals surface area contributed by atoms with E-state index in [4.69, 9.17) is 13.9 Å². The summed E-state index contributed by atoms with van der Waals surface area (Å²) in [6, 6.07) is 6.75. The topological polar surface area (TPSA) is 103 Å². The Hall–Kier alpha value is -2.39. The van der Waals surface area contributed by atoms with Gasteiger partial charge in [-0.15, -0.1) is 0 Å². The fourth-order valence-corrected chi connectivity index (χ4v) is 4.90. The van der Waals surface area contributed by atoms with Crippen LogP contribution in [0.3, 0.4) is 0 Å². The summed E-state index contributed by atoms with van der Waals surface area (Å²) in [5.74, 6) is -1.23. The number of hydrogen-bond acceptors (Lipinski definition) is 7. The average Bonchev–Trinajstić information content (AvgIpc) is 3.19. The van der Waals surface area contributed by atoms with E-state index < -0.39 is 34.4 Å². The van der Waals surface area contributed by atoms with Crippen molar-refractivity contribution in [1.29, 1.82) is 0 Å². The molecule has 0 saturated carbocycles. The first kappa shape index (κ1) is 19.4. The molecule has 1 aromatic heterocycles. The molecule has 9 heteroatoms. The second kappa shape index (κ2) is 7.69. The molecule has 8 nitrogen and oxygen atoms in total. The first-order valence-electron chi connectivity index (χ1n) is 8.45. The van der Waals surface area contributed by atoms with E-state index in [1.165, 1.54) is 19.1 Å². The van der Waals surface area contributed by atoms with Gasteiger partial charge in [0.1, 0.15) is 5.58 Å². The van der Waals surface area contributed by atoms with Gasteiger partial charge in [-0.05, 0) is 12.5 Å². The molecule has 0 bridgehead atoms. The predicted molar refractivity (Wildman–Crippen MR) is 97.0 cm³/mol. The smallest absolute Gasteiger partial charge is 0.375 e. The van der Waals surface area contributed by atoms with E-state index in [-0.39, 0.29) is 23.9 Å². The lowest BCUT2D eigenvalue weighted by Crippen LogP contribution is -2.40. The number of sulfone groups is 1. The van der Waals surface area contributed by atoms with E-state index >= 15 is 0 Å². The fraction of sp³-hybridized carbons (Fsp3) is 0.444. The number of methoxy groups -OCH3 is 1. The zero-order valence-electron chi connectivity index (χ0n) is 15.1. The summed E-state index contributed by atoms with van der Waals surface area (Å²) in [7, 11) is -0.0875. The Balaban J connectivity index is 1.68. The van der Waals surface area contributed by atoms with Gasteiger partial charge in [0, 0.05) is 31.1 Å². The van der Waals surface area contributed by atoms with Crippen molar-refractivity contribution in [1.82, 2.24) is 4.90 Å². The first-order chi connectivity index (χ1) is 12.8. The number of hydrogen-bond donors (Lipinski definition) is 0. The van der Waals surface area contributed by atoms with E-state index in [2.05, 4.69) is 0 Å². The van der Waals surface area contributed by atoms with Crippen LogP contribution in [0.1, 0.15) is 22.5 Å². The number of esters is 1. The number of likely N-dealkylation sites (N-methyl/N-ethyl adjacent to an activating group) is 1. The number of benzene rings is 1. The van der Waals surface area contributed by atoms with Gasteiger partial charge in [-0.3, -0.25) is 4.79 Å². The van der Waals surface area contributed by atoms with Crippen molar-refractivity contribution in [2.75, 3.05) is 32.3 Å². The molecule has 1 saturated heterocycles. The van der Waals surface area contributed by atoms with Crippen LogP contribution in [0.25, 0.3) is 11.0 Å². The van der Waals surface area contributed by atoms with E-state index in [0.717, 1.165) is 5.39 Å². The van der Waals surface area contributed by atoms with Crippen LogP contribution in [0.2, 0.25) is 0 Å². The number of ether oxygens (including phenoxy) is 2. The normalized spacial score (nSPS) is 18.5. The maximum atomic E-state index is 12.4. The van der Waals surface area contributed by atoms with Gasteiger partial charge in [-0.1, -0.05) is 18.2 Å². The minimum absolute atomic E-state index is 0.00283. The van der Waals surface area contributed by atoms with Crippen LogP contribution in [0.15, 0.2) is 28.7 Å². The molecule has 0 N–H and O–H groups in total. The number of fused-ring (bicyclic) bond motifs is 1. The van der Waals surface area contributed by atoms with E-state index in [1.54, 1.807) is 12.1 Å². The molecule has 146 valence electrons. The van der Waals surface area contributed by atoms with Gasteiger partial charge >= 0.3 is 5.97 Å². The Labute approximate surface area is 156 Å². The van der Waals surface area contributed by atoms with Gasteiger partial charge in [0.05, 0.1) is 18.1 Å². The molecule has 2 aromatic rings. The monoisotopic (exact) mass is 395 g/mol. The van der Waals surface area contributed by atoms with Crippen LogP contribution in [-0.4, -0.2) is 63.5 Å². The molecule has 1 aliphatic heterocycles. The van der Waals surface area contributed by atoms with Gasteiger partial charge in [-0.25, -0.2) is 13.2 Å². The Bertz CT molecular complexity index is 963. The molecular formula is C18H21NO7S. The molecule has 1 amide bonds. The van der Waals surface area contributed by atoms with Crippen molar-refractivity contribution in [3.8, 4) is 0 Å². The van der Waals surface area contributed by atoms with Crippen molar-refractivity contribution in [2.24, 2.45) is 0 Å². The van der Waals surface area contributed by atoms with Crippen molar-refractivity contribution >= 4 is 32.7 Å². The van der Waals surface area contributed by atoms with Gasteiger partial charge in [0.15, 0.2) is 16.4 Å². The number of carbonyl (C=O) groups excluding carboxylic acids is 2. The number of nitrogens with zero attached hydrogens (tertiary/aromatic N) is 1. The van der Waals surface area contributed by atoms with Crippen molar-refractivity contribution in [3.63, 3.8) is 0 Å². The van der Waals surface area contributed by atoms with Gasteiger partial charge in [-0.2, -0.15) is 0 Å². The maximum absolute atomic E-state index is 12.4. The summed E-state index contributed by atoms with van der Waals surface area (Å²) in [4.78, 5) is 26.0. The first-order valence-corrected chi connectivity index (χ1v) is 10.3. The van der Waals surface area contributed by atoms with Crippen molar-refractivity contribution in [2.45, 2.75) is 19.1 Å². The third kappa shape index (κ3) is 4.14. The molecule has 2 heterocycles. The number of amides is 1. The Morgan fingerprint density at radius 2 is 2.04 bits per heavy atom. The third-order valence-electron chi connectivity index (χ3n) is 4.65. The minimum Gasteiger partial charge on any atom is -0.450 e. The third-order valence-corrected chi connectivity index (χ3v) is 6.40.